The first kappa shape index (κ1) is 19.6. The molecule has 1 aliphatic heterocycles. The van der Waals surface area contributed by atoms with Gasteiger partial charge in [0.25, 0.3) is 0 Å². The Morgan fingerprint density at radius 2 is 2.13 bits per heavy atom. The Labute approximate surface area is 144 Å². The highest BCUT2D eigenvalue weighted by Crippen LogP contribution is 2.26. The Morgan fingerprint density at radius 3 is 2.74 bits per heavy atom. The average Bonchev–Trinajstić information content (AvgIpc) is 2.54. The number of halogens is 1. The normalized spacial score (nSPS) is 18.8. The zero-order chi connectivity index (χ0) is 16.1. The van der Waals surface area contributed by atoms with Crippen LogP contribution in [-0.4, -0.2) is 44.2 Å². The molecule has 1 fully saturated rings. The summed E-state index contributed by atoms with van der Waals surface area (Å²) in [7, 11) is 3.23. The third kappa shape index (κ3) is 5.01. The number of benzene rings is 1. The molecule has 23 heavy (non-hydrogen) atoms. The van der Waals surface area contributed by atoms with Crippen LogP contribution in [0.1, 0.15) is 25.3 Å². The molecule has 5 nitrogen and oxygen atoms in total. The standard InChI is InChI=1S/C17H26N2O3.ClH/c1-12(18)13-5-4-8-19(11-13)17(20)10-14-9-15(21-2)6-7-16(14)22-3;/h6-7,9,12-13H,4-5,8,10-11,18H2,1-3H3;1H. The zero-order valence-electron chi connectivity index (χ0n) is 14.1. The van der Waals surface area contributed by atoms with Gasteiger partial charge in [0, 0.05) is 24.7 Å². The lowest BCUT2D eigenvalue weighted by Crippen LogP contribution is -2.45. The SMILES string of the molecule is COc1ccc(OC)c(CC(=O)N2CCCC(C(C)N)C2)c1.Cl. The summed E-state index contributed by atoms with van der Waals surface area (Å²) in [5.74, 6) is 1.97. The number of hydrogen-bond donors (Lipinski definition) is 1. The third-order valence-electron chi connectivity index (χ3n) is 4.38. The number of hydrogen-bond acceptors (Lipinski definition) is 4. The maximum Gasteiger partial charge on any atom is 0.227 e. The lowest BCUT2D eigenvalue weighted by molar-refractivity contribution is -0.132. The Bertz CT molecular complexity index is 523. The molecule has 130 valence electrons. The van der Waals surface area contributed by atoms with Gasteiger partial charge in [-0.15, -0.1) is 12.4 Å². The van der Waals surface area contributed by atoms with E-state index in [1.54, 1.807) is 14.2 Å². The average molecular weight is 343 g/mol. The van der Waals surface area contributed by atoms with Gasteiger partial charge < -0.3 is 20.1 Å². The number of carbonyl (C=O) groups excluding carboxylic acids is 1. The van der Waals surface area contributed by atoms with Crippen molar-refractivity contribution in [2.45, 2.75) is 32.2 Å². The molecule has 0 radical (unpaired) electrons. The van der Waals surface area contributed by atoms with Crippen LogP contribution in [0.4, 0.5) is 0 Å². The Hall–Kier alpha value is -1.46. The van der Waals surface area contributed by atoms with E-state index in [0.29, 0.717) is 12.3 Å². The molecule has 2 N–H and O–H groups in total. The zero-order valence-corrected chi connectivity index (χ0v) is 14.9. The highest BCUT2D eigenvalue weighted by Gasteiger charge is 2.26. The lowest BCUT2D eigenvalue weighted by atomic mass is 9.92. The monoisotopic (exact) mass is 342 g/mol. The van der Waals surface area contributed by atoms with Crippen LogP contribution in [0.2, 0.25) is 0 Å². The quantitative estimate of drug-likeness (QED) is 0.891. The molecule has 1 amide bonds. The molecule has 0 saturated carbocycles. The van der Waals surface area contributed by atoms with Gasteiger partial charge >= 0.3 is 0 Å². The van der Waals surface area contributed by atoms with Gasteiger partial charge in [0.15, 0.2) is 0 Å². The molecule has 1 saturated heterocycles. The van der Waals surface area contributed by atoms with Crippen molar-refractivity contribution in [3.63, 3.8) is 0 Å². The Balaban J connectivity index is 0.00000264. The summed E-state index contributed by atoms with van der Waals surface area (Å²) < 4.78 is 10.6. The van der Waals surface area contributed by atoms with Crippen molar-refractivity contribution in [3.8, 4) is 11.5 Å². The summed E-state index contributed by atoms with van der Waals surface area (Å²) in [6, 6.07) is 5.66. The fourth-order valence-corrected chi connectivity index (χ4v) is 2.96. The topological polar surface area (TPSA) is 64.8 Å². The second kappa shape index (κ2) is 8.99. The fraction of sp³-hybridized carbons (Fsp3) is 0.588. The maximum atomic E-state index is 12.6. The van der Waals surface area contributed by atoms with Crippen LogP contribution in [0, 0.1) is 5.92 Å². The van der Waals surface area contributed by atoms with Gasteiger partial charge in [0.1, 0.15) is 11.5 Å². The summed E-state index contributed by atoms with van der Waals surface area (Å²) in [5.41, 5.74) is 6.85. The molecular weight excluding hydrogens is 316 g/mol. The number of rotatable bonds is 5. The Morgan fingerprint density at radius 1 is 1.39 bits per heavy atom. The number of methoxy groups -OCH3 is 2. The van der Waals surface area contributed by atoms with Gasteiger partial charge in [0.05, 0.1) is 20.6 Å². The van der Waals surface area contributed by atoms with Gasteiger partial charge in [-0.1, -0.05) is 0 Å². The number of amides is 1. The van der Waals surface area contributed by atoms with Gasteiger partial charge in [0.2, 0.25) is 5.91 Å². The predicted molar refractivity (Wildman–Crippen MR) is 93.5 cm³/mol. The van der Waals surface area contributed by atoms with E-state index in [2.05, 4.69) is 0 Å². The number of nitrogens with zero attached hydrogens (tertiary/aromatic N) is 1. The molecule has 1 aliphatic rings. The minimum atomic E-state index is 0. The van der Waals surface area contributed by atoms with E-state index in [-0.39, 0.29) is 24.4 Å². The van der Waals surface area contributed by atoms with Crippen molar-refractivity contribution >= 4 is 18.3 Å². The molecule has 0 aromatic heterocycles. The van der Waals surface area contributed by atoms with Crippen molar-refractivity contribution in [3.05, 3.63) is 23.8 Å². The number of piperidine rings is 1. The Kier molecular flexibility index (Phi) is 7.65. The van der Waals surface area contributed by atoms with Crippen LogP contribution in [-0.2, 0) is 11.2 Å². The molecule has 2 rings (SSSR count). The van der Waals surface area contributed by atoms with Gasteiger partial charge in [-0.3, -0.25) is 4.79 Å². The first-order valence-corrected chi connectivity index (χ1v) is 7.79. The van der Waals surface area contributed by atoms with E-state index in [9.17, 15) is 4.79 Å². The van der Waals surface area contributed by atoms with E-state index in [1.165, 1.54) is 0 Å². The van der Waals surface area contributed by atoms with Crippen molar-refractivity contribution in [1.29, 1.82) is 0 Å². The summed E-state index contributed by atoms with van der Waals surface area (Å²) in [6.45, 7) is 3.58. The molecule has 1 heterocycles. The van der Waals surface area contributed by atoms with Crippen LogP contribution in [0.15, 0.2) is 18.2 Å². The largest absolute Gasteiger partial charge is 0.497 e. The van der Waals surface area contributed by atoms with Crippen LogP contribution in [0.25, 0.3) is 0 Å². The number of likely N-dealkylation sites (tertiary alicyclic amines) is 1. The molecular formula is C17H27ClN2O3. The van der Waals surface area contributed by atoms with Crippen LogP contribution >= 0.6 is 12.4 Å². The minimum absolute atomic E-state index is 0. The highest BCUT2D eigenvalue weighted by molar-refractivity contribution is 5.85. The van der Waals surface area contributed by atoms with Crippen molar-refractivity contribution in [2.75, 3.05) is 27.3 Å². The number of ether oxygens (including phenoxy) is 2. The third-order valence-corrected chi connectivity index (χ3v) is 4.38. The number of carbonyl (C=O) groups is 1. The summed E-state index contributed by atoms with van der Waals surface area (Å²) in [5, 5.41) is 0. The molecule has 1 aromatic rings. The highest BCUT2D eigenvalue weighted by atomic mass is 35.5. The molecule has 0 bridgehead atoms. The first-order valence-electron chi connectivity index (χ1n) is 7.79. The summed E-state index contributed by atoms with van der Waals surface area (Å²) in [6.07, 6.45) is 2.45. The second-order valence-corrected chi connectivity index (χ2v) is 5.96. The van der Waals surface area contributed by atoms with E-state index >= 15 is 0 Å². The predicted octanol–water partition coefficient (Wildman–Crippen LogP) is 2.25. The van der Waals surface area contributed by atoms with Gasteiger partial charge in [-0.25, -0.2) is 0 Å². The summed E-state index contributed by atoms with van der Waals surface area (Å²) in [4.78, 5) is 14.5. The van der Waals surface area contributed by atoms with Gasteiger partial charge in [-0.2, -0.15) is 0 Å². The van der Waals surface area contributed by atoms with E-state index in [0.717, 1.165) is 43.0 Å². The number of nitrogens with two attached hydrogens (primary N) is 1. The van der Waals surface area contributed by atoms with Crippen LogP contribution in [0.5, 0.6) is 11.5 Å². The fourth-order valence-electron chi connectivity index (χ4n) is 2.96. The van der Waals surface area contributed by atoms with Crippen LogP contribution < -0.4 is 15.2 Å². The van der Waals surface area contributed by atoms with Crippen LogP contribution in [0.3, 0.4) is 0 Å². The molecule has 1 aromatic carbocycles. The smallest absolute Gasteiger partial charge is 0.227 e. The maximum absolute atomic E-state index is 12.6. The molecule has 0 spiro atoms. The molecule has 2 unspecified atom stereocenters. The van der Waals surface area contributed by atoms with Crippen molar-refractivity contribution < 1.29 is 14.3 Å². The molecule has 6 heteroatoms. The molecule has 2 atom stereocenters. The van der Waals surface area contributed by atoms with Gasteiger partial charge in [-0.05, 0) is 43.9 Å². The minimum Gasteiger partial charge on any atom is -0.497 e. The van der Waals surface area contributed by atoms with E-state index < -0.39 is 0 Å². The summed E-state index contributed by atoms with van der Waals surface area (Å²) >= 11 is 0. The molecule has 0 aliphatic carbocycles. The lowest BCUT2D eigenvalue weighted by Gasteiger charge is -2.34. The van der Waals surface area contributed by atoms with E-state index in [1.807, 2.05) is 30.0 Å². The first-order chi connectivity index (χ1) is 10.5. The van der Waals surface area contributed by atoms with Crippen molar-refractivity contribution in [2.24, 2.45) is 11.7 Å². The van der Waals surface area contributed by atoms with E-state index in [4.69, 9.17) is 15.2 Å². The second-order valence-electron chi connectivity index (χ2n) is 5.96. The van der Waals surface area contributed by atoms with Crippen molar-refractivity contribution in [1.82, 2.24) is 4.90 Å².